The van der Waals surface area contributed by atoms with E-state index in [0.29, 0.717) is 5.92 Å². The van der Waals surface area contributed by atoms with Crippen LogP contribution in [0, 0.1) is 16.0 Å². The summed E-state index contributed by atoms with van der Waals surface area (Å²) in [5.74, 6) is 0.570. The van der Waals surface area contributed by atoms with E-state index in [0.717, 1.165) is 30.5 Å². The third-order valence-electron chi connectivity index (χ3n) is 2.77. The summed E-state index contributed by atoms with van der Waals surface area (Å²) < 4.78 is 0. The summed E-state index contributed by atoms with van der Waals surface area (Å²) in [7, 11) is 0. The molecule has 0 unspecified atom stereocenters. The van der Waals surface area contributed by atoms with Gasteiger partial charge in [-0.15, -0.1) is 0 Å². The molecule has 0 bridgehead atoms. The standard InChI is InChI=1S/C10H11ClN2O2/c1-6-2-3-8-7(4-6)5-9(13(14)15)10(11)12-8/h5-6H,2-4H2,1H3/t6-/m0/s1. The van der Waals surface area contributed by atoms with Gasteiger partial charge in [-0.3, -0.25) is 10.1 Å². The van der Waals surface area contributed by atoms with Crippen LogP contribution in [-0.4, -0.2) is 9.91 Å². The number of nitro groups is 1. The number of halogens is 1. The van der Waals surface area contributed by atoms with E-state index in [-0.39, 0.29) is 10.8 Å². The average molecular weight is 227 g/mol. The van der Waals surface area contributed by atoms with Gasteiger partial charge in [0, 0.05) is 11.8 Å². The predicted octanol–water partition coefficient (Wildman–Crippen LogP) is 2.77. The van der Waals surface area contributed by atoms with Crippen molar-refractivity contribution in [2.45, 2.75) is 26.2 Å². The third-order valence-corrected chi connectivity index (χ3v) is 3.04. The Kier molecular flexibility index (Phi) is 2.61. The Morgan fingerprint density at radius 3 is 3.07 bits per heavy atom. The molecule has 0 spiro atoms. The highest BCUT2D eigenvalue weighted by Gasteiger charge is 2.22. The Bertz CT molecular complexity index is 420. The summed E-state index contributed by atoms with van der Waals surface area (Å²) >= 11 is 5.74. The van der Waals surface area contributed by atoms with Crippen LogP contribution in [0.5, 0.6) is 0 Å². The molecule has 1 aliphatic rings. The van der Waals surface area contributed by atoms with Crippen molar-refractivity contribution in [3.8, 4) is 0 Å². The summed E-state index contributed by atoms with van der Waals surface area (Å²) in [6, 6.07) is 1.57. The fourth-order valence-electron chi connectivity index (χ4n) is 1.94. The SMILES string of the molecule is C[C@H]1CCc2nc(Cl)c([N+](=O)[O-])cc2C1. The fraction of sp³-hybridized carbons (Fsp3) is 0.500. The van der Waals surface area contributed by atoms with Crippen LogP contribution in [-0.2, 0) is 12.8 Å². The monoisotopic (exact) mass is 226 g/mol. The van der Waals surface area contributed by atoms with Gasteiger partial charge in [0.2, 0.25) is 5.15 Å². The molecule has 0 amide bonds. The van der Waals surface area contributed by atoms with Crippen LogP contribution in [0.25, 0.3) is 0 Å². The Hall–Kier alpha value is -1.16. The smallest absolute Gasteiger partial charge is 0.258 e. The lowest BCUT2D eigenvalue weighted by atomic mass is 9.88. The van der Waals surface area contributed by atoms with E-state index in [2.05, 4.69) is 11.9 Å². The maximum absolute atomic E-state index is 10.7. The molecular formula is C10H11ClN2O2. The van der Waals surface area contributed by atoms with E-state index < -0.39 is 4.92 Å². The highest BCUT2D eigenvalue weighted by Crippen LogP contribution is 2.30. The molecule has 0 aromatic carbocycles. The van der Waals surface area contributed by atoms with Crippen molar-refractivity contribution in [3.05, 3.63) is 32.6 Å². The minimum atomic E-state index is -0.477. The number of rotatable bonds is 1. The molecule has 2 rings (SSSR count). The number of hydrogen-bond donors (Lipinski definition) is 0. The van der Waals surface area contributed by atoms with E-state index in [9.17, 15) is 10.1 Å². The van der Waals surface area contributed by atoms with Gasteiger partial charge in [0.25, 0.3) is 0 Å². The average Bonchev–Trinajstić information content (AvgIpc) is 2.17. The number of fused-ring (bicyclic) bond motifs is 1. The largest absolute Gasteiger partial charge is 0.306 e. The molecule has 0 saturated carbocycles. The number of aryl methyl sites for hydroxylation is 1. The first kappa shape index (κ1) is 10.4. The molecule has 1 aromatic rings. The van der Waals surface area contributed by atoms with Crippen molar-refractivity contribution in [1.29, 1.82) is 0 Å². The van der Waals surface area contributed by atoms with Gasteiger partial charge < -0.3 is 0 Å². The van der Waals surface area contributed by atoms with Crippen LogP contribution in [0.1, 0.15) is 24.6 Å². The Morgan fingerprint density at radius 2 is 2.40 bits per heavy atom. The van der Waals surface area contributed by atoms with Crippen molar-refractivity contribution in [1.82, 2.24) is 4.98 Å². The van der Waals surface area contributed by atoms with E-state index in [1.807, 2.05) is 0 Å². The van der Waals surface area contributed by atoms with Crippen LogP contribution < -0.4 is 0 Å². The summed E-state index contributed by atoms with van der Waals surface area (Å²) in [4.78, 5) is 14.3. The highest BCUT2D eigenvalue weighted by molar-refractivity contribution is 6.31. The summed E-state index contributed by atoms with van der Waals surface area (Å²) in [6.45, 7) is 2.14. The topological polar surface area (TPSA) is 56.0 Å². The fourth-order valence-corrected chi connectivity index (χ4v) is 2.16. The molecule has 5 heteroatoms. The molecule has 4 nitrogen and oxygen atoms in total. The molecule has 0 fully saturated rings. The van der Waals surface area contributed by atoms with Gasteiger partial charge in [-0.2, -0.15) is 0 Å². The molecule has 80 valence electrons. The van der Waals surface area contributed by atoms with Gasteiger partial charge in [-0.1, -0.05) is 18.5 Å². The van der Waals surface area contributed by atoms with Crippen molar-refractivity contribution >= 4 is 17.3 Å². The quantitative estimate of drug-likeness (QED) is 0.420. The van der Waals surface area contributed by atoms with Crippen LogP contribution in [0.4, 0.5) is 5.69 Å². The number of nitrogens with zero attached hydrogens (tertiary/aromatic N) is 2. The first-order valence-electron chi connectivity index (χ1n) is 4.90. The Morgan fingerprint density at radius 1 is 1.67 bits per heavy atom. The van der Waals surface area contributed by atoms with E-state index in [4.69, 9.17) is 11.6 Å². The van der Waals surface area contributed by atoms with Gasteiger partial charge in [0.15, 0.2) is 0 Å². The number of aromatic nitrogens is 1. The molecule has 1 aliphatic carbocycles. The first-order valence-corrected chi connectivity index (χ1v) is 5.28. The lowest BCUT2D eigenvalue weighted by Gasteiger charge is -2.20. The normalized spacial score (nSPS) is 19.7. The van der Waals surface area contributed by atoms with Crippen molar-refractivity contribution in [2.75, 3.05) is 0 Å². The zero-order valence-corrected chi connectivity index (χ0v) is 9.12. The summed E-state index contributed by atoms with van der Waals surface area (Å²) in [6.07, 6.45) is 2.81. The molecule has 0 saturated heterocycles. The lowest BCUT2D eigenvalue weighted by molar-refractivity contribution is -0.385. The zero-order chi connectivity index (χ0) is 11.0. The maximum atomic E-state index is 10.7. The third kappa shape index (κ3) is 1.95. The molecule has 1 aromatic heterocycles. The Labute approximate surface area is 92.4 Å². The Balaban J connectivity index is 2.47. The van der Waals surface area contributed by atoms with Gasteiger partial charge in [0.1, 0.15) is 0 Å². The molecule has 15 heavy (non-hydrogen) atoms. The zero-order valence-electron chi connectivity index (χ0n) is 8.36. The minimum absolute atomic E-state index is 0.00769. The molecule has 1 atom stereocenters. The molecule has 0 radical (unpaired) electrons. The minimum Gasteiger partial charge on any atom is -0.258 e. The molecule has 0 aliphatic heterocycles. The van der Waals surface area contributed by atoms with Crippen LogP contribution in [0.15, 0.2) is 6.07 Å². The van der Waals surface area contributed by atoms with Gasteiger partial charge in [0.05, 0.1) is 4.92 Å². The second-order valence-corrected chi connectivity index (χ2v) is 4.37. The van der Waals surface area contributed by atoms with Crippen LogP contribution >= 0.6 is 11.6 Å². The van der Waals surface area contributed by atoms with Crippen LogP contribution in [0.2, 0.25) is 5.15 Å². The van der Waals surface area contributed by atoms with Gasteiger partial charge in [-0.05, 0) is 30.7 Å². The predicted molar refractivity (Wildman–Crippen MR) is 57.1 cm³/mol. The van der Waals surface area contributed by atoms with Gasteiger partial charge >= 0.3 is 5.69 Å². The summed E-state index contributed by atoms with van der Waals surface area (Å²) in [5, 5.41) is 10.7. The van der Waals surface area contributed by atoms with E-state index >= 15 is 0 Å². The maximum Gasteiger partial charge on any atom is 0.306 e. The number of hydrogen-bond acceptors (Lipinski definition) is 3. The van der Waals surface area contributed by atoms with E-state index in [1.54, 1.807) is 6.07 Å². The highest BCUT2D eigenvalue weighted by atomic mass is 35.5. The summed E-state index contributed by atoms with van der Waals surface area (Å²) in [5.41, 5.74) is 1.82. The lowest BCUT2D eigenvalue weighted by Crippen LogP contribution is -2.13. The molecular weight excluding hydrogens is 216 g/mol. The first-order chi connectivity index (χ1) is 7.08. The van der Waals surface area contributed by atoms with E-state index in [1.165, 1.54) is 0 Å². The van der Waals surface area contributed by atoms with Crippen molar-refractivity contribution < 1.29 is 4.92 Å². The second-order valence-electron chi connectivity index (χ2n) is 4.01. The van der Waals surface area contributed by atoms with Crippen molar-refractivity contribution in [2.24, 2.45) is 5.92 Å². The molecule has 0 N–H and O–H groups in total. The van der Waals surface area contributed by atoms with Crippen molar-refractivity contribution in [3.63, 3.8) is 0 Å². The van der Waals surface area contributed by atoms with Gasteiger partial charge in [-0.25, -0.2) is 4.98 Å². The molecule has 1 heterocycles. The number of pyridine rings is 1. The van der Waals surface area contributed by atoms with Crippen LogP contribution in [0.3, 0.4) is 0 Å². The second kappa shape index (κ2) is 3.77.